The van der Waals surface area contributed by atoms with Crippen LogP contribution in [0.3, 0.4) is 0 Å². The summed E-state index contributed by atoms with van der Waals surface area (Å²) in [5.41, 5.74) is 0. The summed E-state index contributed by atoms with van der Waals surface area (Å²) in [5.74, 6) is -0.463. The molecule has 2 atom stereocenters. The van der Waals surface area contributed by atoms with Gasteiger partial charge in [0.15, 0.2) is 0 Å². The highest BCUT2D eigenvalue weighted by molar-refractivity contribution is 5.69. The quantitative estimate of drug-likeness (QED) is 0.632. The van der Waals surface area contributed by atoms with E-state index in [0.29, 0.717) is 6.42 Å². The number of likely N-dealkylation sites (tertiary alicyclic amines) is 1. The lowest BCUT2D eigenvalue weighted by atomic mass is 9.95. The van der Waals surface area contributed by atoms with Crippen LogP contribution in [-0.2, 0) is 9.53 Å². The third-order valence-electron chi connectivity index (χ3n) is 2.84. The molecule has 3 nitrogen and oxygen atoms in total. The van der Waals surface area contributed by atoms with Gasteiger partial charge in [0.25, 0.3) is 0 Å². The van der Waals surface area contributed by atoms with Crippen LogP contribution in [0, 0.1) is 5.92 Å². The SMILES string of the molecule is COC(=O)C[C@H]1CCN(C)CC[C@H]1F. The van der Waals surface area contributed by atoms with Gasteiger partial charge in [-0.05, 0) is 26.4 Å². The molecule has 82 valence electrons. The standard InChI is InChI=1S/C10H18FNO2/c1-12-5-3-8(7-10(13)14-2)9(11)4-6-12/h8-9H,3-7H2,1-2H3/t8-,9-/m1/s1. The Morgan fingerprint density at radius 2 is 2.14 bits per heavy atom. The number of methoxy groups -OCH3 is 1. The van der Waals surface area contributed by atoms with E-state index in [2.05, 4.69) is 9.64 Å². The number of ether oxygens (including phenoxy) is 1. The van der Waals surface area contributed by atoms with E-state index in [9.17, 15) is 9.18 Å². The van der Waals surface area contributed by atoms with Gasteiger partial charge in [-0.2, -0.15) is 0 Å². The third kappa shape index (κ3) is 3.25. The van der Waals surface area contributed by atoms with Crippen molar-refractivity contribution in [2.24, 2.45) is 5.92 Å². The van der Waals surface area contributed by atoms with Crippen LogP contribution < -0.4 is 0 Å². The maximum atomic E-state index is 13.5. The molecule has 1 aliphatic rings. The maximum absolute atomic E-state index is 13.5. The molecule has 0 bridgehead atoms. The lowest BCUT2D eigenvalue weighted by Crippen LogP contribution is -2.20. The predicted molar refractivity (Wildman–Crippen MR) is 51.8 cm³/mol. The molecule has 0 aliphatic carbocycles. The summed E-state index contributed by atoms with van der Waals surface area (Å²) in [4.78, 5) is 13.1. The first-order valence-electron chi connectivity index (χ1n) is 5.03. The topological polar surface area (TPSA) is 29.5 Å². The van der Waals surface area contributed by atoms with Crippen LogP contribution in [-0.4, -0.2) is 44.3 Å². The second-order valence-electron chi connectivity index (χ2n) is 3.94. The molecule has 0 aromatic carbocycles. The first-order chi connectivity index (χ1) is 6.63. The van der Waals surface area contributed by atoms with Crippen LogP contribution in [0.5, 0.6) is 0 Å². The van der Waals surface area contributed by atoms with Gasteiger partial charge < -0.3 is 9.64 Å². The van der Waals surface area contributed by atoms with Gasteiger partial charge in [0.2, 0.25) is 0 Å². The van der Waals surface area contributed by atoms with Crippen LogP contribution in [0.1, 0.15) is 19.3 Å². The Kier molecular flexibility index (Phi) is 4.32. The van der Waals surface area contributed by atoms with Crippen LogP contribution >= 0.6 is 0 Å². The van der Waals surface area contributed by atoms with Crippen molar-refractivity contribution in [2.45, 2.75) is 25.4 Å². The van der Waals surface area contributed by atoms with Gasteiger partial charge in [0, 0.05) is 12.5 Å². The molecule has 0 N–H and O–H groups in total. The average Bonchev–Trinajstić information content (AvgIpc) is 2.33. The lowest BCUT2D eigenvalue weighted by Gasteiger charge is -2.16. The molecule has 0 saturated carbocycles. The smallest absolute Gasteiger partial charge is 0.305 e. The summed E-state index contributed by atoms with van der Waals surface area (Å²) >= 11 is 0. The number of carbonyl (C=O) groups is 1. The van der Waals surface area contributed by atoms with Gasteiger partial charge >= 0.3 is 5.97 Å². The molecular weight excluding hydrogens is 185 g/mol. The van der Waals surface area contributed by atoms with Gasteiger partial charge in [-0.25, -0.2) is 4.39 Å². The molecular formula is C10H18FNO2. The van der Waals surface area contributed by atoms with E-state index in [1.165, 1.54) is 7.11 Å². The number of esters is 1. The molecule has 1 heterocycles. The average molecular weight is 203 g/mol. The van der Waals surface area contributed by atoms with E-state index in [1.807, 2.05) is 7.05 Å². The van der Waals surface area contributed by atoms with E-state index < -0.39 is 6.17 Å². The Morgan fingerprint density at radius 1 is 1.50 bits per heavy atom. The number of hydrogen-bond acceptors (Lipinski definition) is 3. The van der Waals surface area contributed by atoms with E-state index in [0.717, 1.165) is 19.5 Å². The van der Waals surface area contributed by atoms with Crippen molar-refractivity contribution >= 4 is 5.97 Å². The van der Waals surface area contributed by atoms with E-state index in [-0.39, 0.29) is 18.3 Å². The minimum atomic E-state index is -0.862. The van der Waals surface area contributed by atoms with Crippen molar-refractivity contribution < 1.29 is 13.9 Å². The molecule has 0 amide bonds. The van der Waals surface area contributed by atoms with Gasteiger partial charge in [0.05, 0.1) is 13.5 Å². The fourth-order valence-electron chi connectivity index (χ4n) is 1.79. The zero-order chi connectivity index (χ0) is 10.6. The molecule has 1 rings (SSSR count). The molecule has 0 unspecified atom stereocenters. The van der Waals surface area contributed by atoms with Crippen molar-refractivity contribution in [3.05, 3.63) is 0 Å². The van der Waals surface area contributed by atoms with Gasteiger partial charge in [-0.15, -0.1) is 0 Å². The van der Waals surface area contributed by atoms with E-state index in [4.69, 9.17) is 0 Å². The number of hydrogen-bond donors (Lipinski definition) is 0. The molecule has 4 heteroatoms. The highest BCUT2D eigenvalue weighted by atomic mass is 19.1. The molecule has 1 fully saturated rings. The normalized spacial score (nSPS) is 29.6. The minimum Gasteiger partial charge on any atom is -0.469 e. The summed E-state index contributed by atoms with van der Waals surface area (Å²) in [6, 6.07) is 0. The molecule has 0 aromatic rings. The zero-order valence-electron chi connectivity index (χ0n) is 8.83. The van der Waals surface area contributed by atoms with E-state index >= 15 is 0 Å². The zero-order valence-corrected chi connectivity index (χ0v) is 8.83. The summed E-state index contributed by atoms with van der Waals surface area (Å²) in [7, 11) is 3.33. The number of rotatable bonds is 2. The third-order valence-corrected chi connectivity index (χ3v) is 2.84. The Morgan fingerprint density at radius 3 is 2.79 bits per heavy atom. The molecule has 1 saturated heterocycles. The largest absolute Gasteiger partial charge is 0.469 e. The lowest BCUT2D eigenvalue weighted by molar-refractivity contribution is -0.142. The first kappa shape index (κ1) is 11.4. The Balaban J connectivity index is 2.45. The Bertz CT molecular complexity index is 199. The summed E-state index contributed by atoms with van der Waals surface area (Å²) in [6.07, 6.45) is 0.621. The highest BCUT2D eigenvalue weighted by Crippen LogP contribution is 2.23. The highest BCUT2D eigenvalue weighted by Gasteiger charge is 2.27. The fourth-order valence-corrected chi connectivity index (χ4v) is 1.79. The molecule has 0 aromatic heterocycles. The number of alkyl halides is 1. The number of carbonyl (C=O) groups excluding carboxylic acids is 1. The summed E-state index contributed by atoms with van der Waals surface area (Å²) < 4.78 is 18.1. The first-order valence-corrected chi connectivity index (χ1v) is 5.03. The van der Waals surface area contributed by atoms with Crippen LogP contribution in [0.25, 0.3) is 0 Å². The maximum Gasteiger partial charge on any atom is 0.305 e. The van der Waals surface area contributed by atoms with Crippen molar-refractivity contribution in [2.75, 3.05) is 27.2 Å². The predicted octanol–water partition coefficient (Wildman–Crippen LogP) is 1.23. The van der Waals surface area contributed by atoms with Gasteiger partial charge in [0.1, 0.15) is 6.17 Å². The number of nitrogens with zero attached hydrogens (tertiary/aromatic N) is 1. The number of halogens is 1. The minimum absolute atomic E-state index is 0.160. The summed E-state index contributed by atoms with van der Waals surface area (Å²) in [6.45, 7) is 1.64. The Hall–Kier alpha value is -0.640. The second-order valence-corrected chi connectivity index (χ2v) is 3.94. The molecule has 0 radical (unpaired) electrons. The van der Waals surface area contributed by atoms with Crippen molar-refractivity contribution in [3.8, 4) is 0 Å². The second kappa shape index (κ2) is 5.29. The fraction of sp³-hybridized carbons (Fsp3) is 0.900. The van der Waals surface area contributed by atoms with Gasteiger partial charge in [-0.3, -0.25) is 4.79 Å². The van der Waals surface area contributed by atoms with Crippen LogP contribution in [0.15, 0.2) is 0 Å². The summed E-state index contributed by atoms with van der Waals surface area (Å²) in [5, 5.41) is 0. The van der Waals surface area contributed by atoms with Crippen molar-refractivity contribution in [1.82, 2.24) is 4.90 Å². The van der Waals surface area contributed by atoms with E-state index in [1.54, 1.807) is 0 Å². The van der Waals surface area contributed by atoms with Crippen molar-refractivity contribution in [1.29, 1.82) is 0 Å². The Labute approximate surface area is 84.2 Å². The molecule has 1 aliphatic heterocycles. The molecule has 14 heavy (non-hydrogen) atoms. The van der Waals surface area contributed by atoms with Crippen LogP contribution in [0.4, 0.5) is 4.39 Å². The molecule has 0 spiro atoms. The van der Waals surface area contributed by atoms with Crippen LogP contribution in [0.2, 0.25) is 0 Å². The van der Waals surface area contributed by atoms with Crippen molar-refractivity contribution in [3.63, 3.8) is 0 Å². The monoisotopic (exact) mass is 203 g/mol. The van der Waals surface area contributed by atoms with Gasteiger partial charge in [-0.1, -0.05) is 0 Å².